The molecule has 0 atom stereocenters. The average Bonchev–Trinajstić information content (AvgIpc) is 2.82. The second-order valence-corrected chi connectivity index (χ2v) is 7.66. The van der Waals surface area contributed by atoms with Crippen LogP contribution in [0.4, 0.5) is 24.0 Å². The van der Waals surface area contributed by atoms with Gasteiger partial charge in [-0.05, 0) is 46.5 Å². The lowest BCUT2D eigenvalue weighted by Crippen LogP contribution is -2.50. The largest absolute Gasteiger partial charge is 0.450 e. The van der Waals surface area contributed by atoms with Crippen LogP contribution in [-0.4, -0.2) is 81.2 Å². The number of rotatable bonds is 17. The molecule has 0 aliphatic heterocycles. The van der Waals surface area contributed by atoms with E-state index in [1.165, 1.54) is 0 Å². The van der Waals surface area contributed by atoms with E-state index in [0.717, 1.165) is 43.4 Å². The van der Waals surface area contributed by atoms with Crippen molar-refractivity contribution in [2.45, 2.75) is 72.1 Å². The van der Waals surface area contributed by atoms with Gasteiger partial charge in [-0.15, -0.1) is 0 Å². The van der Waals surface area contributed by atoms with Gasteiger partial charge in [-0.1, -0.05) is 25.7 Å². The molecule has 0 unspecified atom stereocenters. The van der Waals surface area contributed by atoms with Crippen LogP contribution in [0.15, 0.2) is 0 Å². The summed E-state index contributed by atoms with van der Waals surface area (Å²) < 4.78 is 14.3. The lowest BCUT2D eigenvalue weighted by molar-refractivity contribution is 0.146. The number of amides is 7. The summed E-state index contributed by atoms with van der Waals surface area (Å²) in [5, 5.41) is 10.0. The van der Waals surface area contributed by atoms with Crippen molar-refractivity contribution < 1.29 is 38.2 Å². The summed E-state index contributed by atoms with van der Waals surface area (Å²) in [5.74, 6) is 0. The Morgan fingerprint density at radius 1 is 0.528 bits per heavy atom. The van der Waals surface area contributed by atoms with Crippen molar-refractivity contribution in [2.75, 3.05) is 46.0 Å². The van der Waals surface area contributed by atoms with Crippen molar-refractivity contribution in [2.24, 2.45) is 0 Å². The highest BCUT2D eigenvalue weighted by atomic mass is 16.6. The number of carbonyl (C=O) groups is 5. The minimum atomic E-state index is -0.915. The Kier molecular flexibility index (Phi) is 20.2. The predicted molar refractivity (Wildman–Crippen MR) is 133 cm³/mol. The molecule has 0 aliphatic rings. The summed E-state index contributed by atoms with van der Waals surface area (Å²) >= 11 is 0. The highest BCUT2D eigenvalue weighted by molar-refractivity contribution is 5.99. The Balaban J connectivity index is 4.32. The van der Waals surface area contributed by atoms with Gasteiger partial charge in [0.15, 0.2) is 0 Å². The monoisotopic (exact) mass is 517 g/mol. The van der Waals surface area contributed by atoms with E-state index in [4.69, 9.17) is 14.2 Å². The summed E-state index contributed by atoms with van der Waals surface area (Å²) in [5.41, 5.74) is 0. The van der Waals surface area contributed by atoms with Crippen molar-refractivity contribution in [3.05, 3.63) is 0 Å². The van der Waals surface area contributed by atoms with Crippen LogP contribution < -0.4 is 21.3 Å². The van der Waals surface area contributed by atoms with E-state index in [1.54, 1.807) is 20.8 Å². The van der Waals surface area contributed by atoms with E-state index in [2.05, 4.69) is 16.0 Å². The molecule has 13 heteroatoms. The third-order valence-corrected chi connectivity index (χ3v) is 4.75. The zero-order valence-electron chi connectivity index (χ0n) is 21.8. The van der Waals surface area contributed by atoms with Gasteiger partial charge in [0.05, 0.1) is 19.8 Å². The molecular weight excluding hydrogens is 474 g/mol. The number of alkyl carbamates (subject to hydrolysis) is 3. The van der Waals surface area contributed by atoms with Crippen LogP contribution in [0.25, 0.3) is 0 Å². The first kappa shape index (κ1) is 32.8. The normalized spacial score (nSPS) is 10.1. The molecule has 0 fully saturated rings. The lowest BCUT2D eigenvalue weighted by Gasteiger charge is -2.21. The second kappa shape index (κ2) is 22.2. The summed E-state index contributed by atoms with van der Waals surface area (Å²) in [6, 6.07) is -1.44. The first-order valence-corrected chi connectivity index (χ1v) is 12.7. The van der Waals surface area contributed by atoms with Crippen LogP contribution >= 0.6 is 0 Å². The maximum atomic E-state index is 12.6. The summed E-state index contributed by atoms with van der Waals surface area (Å²) in [6.45, 7) is 7.31. The molecule has 36 heavy (non-hydrogen) atoms. The van der Waals surface area contributed by atoms with Crippen molar-refractivity contribution in [1.29, 1.82) is 0 Å². The number of carbonyl (C=O) groups excluding carboxylic acids is 5. The number of ether oxygens (including phenoxy) is 3. The molecule has 0 aromatic heterocycles. The molecule has 0 radical (unpaired) electrons. The molecule has 7 amide bonds. The Morgan fingerprint density at radius 2 is 0.944 bits per heavy atom. The fourth-order valence-electron chi connectivity index (χ4n) is 3.01. The van der Waals surface area contributed by atoms with Crippen LogP contribution in [0.1, 0.15) is 72.1 Å². The summed E-state index contributed by atoms with van der Waals surface area (Å²) in [4.78, 5) is 60.0. The fourth-order valence-corrected chi connectivity index (χ4v) is 3.01. The van der Waals surface area contributed by atoms with E-state index in [9.17, 15) is 24.0 Å². The molecule has 0 aromatic carbocycles. The molecule has 4 N–H and O–H groups in total. The summed E-state index contributed by atoms with van der Waals surface area (Å²) in [6.07, 6.45) is 4.16. The fraction of sp³-hybridized carbons (Fsp3) is 0.783. The van der Waals surface area contributed by atoms with E-state index in [0.29, 0.717) is 45.7 Å². The molecule has 13 nitrogen and oxygen atoms in total. The van der Waals surface area contributed by atoms with Gasteiger partial charge < -0.3 is 30.2 Å². The Morgan fingerprint density at radius 3 is 1.42 bits per heavy atom. The number of urea groups is 2. The quantitative estimate of drug-likeness (QED) is 0.168. The van der Waals surface area contributed by atoms with Gasteiger partial charge in [-0.2, -0.15) is 0 Å². The molecule has 0 saturated heterocycles. The van der Waals surface area contributed by atoms with Crippen molar-refractivity contribution in [3.63, 3.8) is 0 Å². The third-order valence-electron chi connectivity index (χ3n) is 4.75. The van der Waals surface area contributed by atoms with E-state index in [-0.39, 0.29) is 13.2 Å². The van der Waals surface area contributed by atoms with E-state index < -0.39 is 30.3 Å². The minimum absolute atomic E-state index is 0.0977. The van der Waals surface area contributed by atoms with Gasteiger partial charge in [-0.25, -0.2) is 34.2 Å². The molecule has 0 heterocycles. The molecule has 0 aliphatic carbocycles. The van der Waals surface area contributed by atoms with Crippen LogP contribution in [0.5, 0.6) is 0 Å². The van der Waals surface area contributed by atoms with Crippen LogP contribution in [0.3, 0.4) is 0 Å². The molecule has 0 bridgehead atoms. The molecule has 0 spiro atoms. The third kappa shape index (κ3) is 18.1. The number of nitrogens with zero attached hydrogens (tertiary/aromatic N) is 1. The molecule has 0 saturated carbocycles. The van der Waals surface area contributed by atoms with Gasteiger partial charge in [0, 0.05) is 26.2 Å². The van der Waals surface area contributed by atoms with Gasteiger partial charge in [0.2, 0.25) is 0 Å². The zero-order chi connectivity index (χ0) is 27.0. The Bertz CT molecular complexity index is 662. The number of nitrogens with one attached hydrogen (secondary N) is 4. The first-order valence-electron chi connectivity index (χ1n) is 12.7. The average molecular weight is 518 g/mol. The SMILES string of the molecule is CCOC(=O)NCCCCCCNC(=O)N(CCCCCCNC(=O)OCC)C(=O)NC(=O)OCC. The number of unbranched alkanes of at least 4 members (excludes halogenated alkanes) is 6. The molecule has 208 valence electrons. The van der Waals surface area contributed by atoms with E-state index >= 15 is 0 Å². The van der Waals surface area contributed by atoms with Gasteiger partial charge in [0.1, 0.15) is 0 Å². The van der Waals surface area contributed by atoms with Gasteiger partial charge in [-0.3, -0.25) is 0 Å². The molecular formula is C23H43N5O8. The molecule has 0 rings (SSSR count). The maximum absolute atomic E-state index is 12.6. The number of hydrogen-bond donors (Lipinski definition) is 4. The van der Waals surface area contributed by atoms with Crippen molar-refractivity contribution in [3.8, 4) is 0 Å². The standard InChI is InChI=1S/C23H43N5O8/c1-4-34-21(31)25-16-12-8-7-11-15-24-19(29)28(20(30)27-23(33)36-6-3)18-14-10-9-13-17-26-22(32)35-5-2/h4-18H2,1-3H3,(H,24,29)(H,25,31)(H,26,32)(H,27,30,33). The highest BCUT2D eigenvalue weighted by Crippen LogP contribution is 2.04. The second-order valence-electron chi connectivity index (χ2n) is 7.66. The smallest absolute Gasteiger partial charge is 0.415 e. The van der Waals surface area contributed by atoms with E-state index in [1.807, 2.05) is 5.32 Å². The maximum Gasteiger partial charge on any atom is 0.415 e. The predicted octanol–water partition coefficient (Wildman–Crippen LogP) is 3.48. The summed E-state index contributed by atoms with van der Waals surface area (Å²) in [7, 11) is 0. The lowest BCUT2D eigenvalue weighted by atomic mass is 10.2. The Labute approximate surface area is 213 Å². The minimum Gasteiger partial charge on any atom is -0.450 e. The van der Waals surface area contributed by atoms with Crippen LogP contribution in [-0.2, 0) is 14.2 Å². The van der Waals surface area contributed by atoms with Crippen LogP contribution in [0.2, 0.25) is 0 Å². The number of imide groups is 2. The first-order chi connectivity index (χ1) is 17.3. The van der Waals surface area contributed by atoms with Gasteiger partial charge in [0.25, 0.3) is 0 Å². The Hall–Kier alpha value is -3.25. The van der Waals surface area contributed by atoms with Crippen molar-refractivity contribution in [1.82, 2.24) is 26.2 Å². The van der Waals surface area contributed by atoms with Crippen molar-refractivity contribution >= 4 is 30.3 Å². The highest BCUT2D eigenvalue weighted by Gasteiger charge is 2.23. The number of hydrogen-bond acceptors (Lipinski definition) is 8. The molecule has 0 aromatic rings. The van der Waals surface area contributed by atoms with Gasteiger partial charge >= 0.3 is 30.3 Å². The van der Waals surface area contributed by atoms with Crippen LogP contribution in [0, 0.1) is 0 Å². The zero-order valence-corrected chi connectivity index (χ0v) is 21.8. The topological polar surface area (TPSA) is 164 Å².